The molecule has 1 fully saturated rings. The van der Waals surface area contributed by atoms with Crippen LogP contribution < -0.4 is 0 Å². The average molecular weight is 281 g/mol. The molecule has 2 rings (SSSR count). The van der Waals surface area contributed by atoms with Crippen LogP contribution in [0.2, 0.25) is 4.34 Å². The number of ether oxygens (including phenoxy) is 1. The van der Waals surface area contributed by atoms with E-state index in [0.29, 0.717) is 10.9 Å². The standard InChI is InChI=1S/C10H13ClO3S2/c11-10-4-3-9(15-10)7-16(12,13)6-8-2-1-5-14-8/h3-4,8H,1-2,5-7H2. The highest BCUT2D eigenvalue weighted by molar-refractivity contribution is 7.90. The monoisotopic (exact) mass is 280 g/mol. The number of halogens is 1. The minimum atomic E-state index is -3.08. The van der Waals surface area contributed by atoms with E-state index in [2.05, 4.69) is 0 Å². The Morgan fingerprint density at radius 1 is 1.50 bits per heavy atom. The van der Waals surface area contributed by atoms with Crippen LogP contribution in [-0.2, 0) is 20.3 Å². The van der Waals surface area contributed by atoms with Crippen LogP contribution in [0.15, 0.2) is 12.1 Å². The van der Waals surface area contributed by atoms with Gasteiger partial charge in [0.15, 0.2) is 9.84 Å². The molecule has 1 aliphatic heterocycles. The number of thiophene rings is 1. The maximum absolute atomic E-state index is 11.8. The third kappa shape index (κ3) is 3.45. The first-order valence-corrected chi connectivity index (χ1v) is 8.13. The van der Waals surface area contributed by atoms with Crippen molar-refractivity contribution in [3.63, 3.8) is 0 Å². The predicted octanol–water partition coefficient (Wildman–Crippen LogP) is 2.50. The Bertz CT molecular complexity index is 446. The highest BCUT2D eigenvalue weighted by Crippen LogP contribution is 2.24. The molecule has 1 aliphatic rings. The van der Waals surface area contributed by atoms with Gasteiger partial charge in [-0.25, -0.2) is 8.42 Å². The van der Waals surface area contributed by atoms with Crippen molar-refractivity contribution in [1.82, 2.24) is 0 Å². The maximum Gasteiger partial charge on any atom is 0.157 e. The number of hydrogen-bond donors (Lipinski definition) is 0. The van der Waals surface area contributed by atoms with Gasteiger partial charge in [-0.1, -0.05) is 11.6 Å². The molecule has 1 atom stereocenters. The van der Waals surface area contributed by atoms with E-state index in [-0.39, 0.29) is 17.6 Å². The van der Waals surface area contributed by atoms with E-state index < -0.39 is 9.84 Å². The molecular formula is C10H13ClO3S2. The molecule has 0 saturated carbocycles. The summed E-state index contributed by atoms with van der Waals surface area (Å²) in [6, 6.07) is 3.49. The lowest BCUT2D eigenvalue weighted by Crippen LogP contribution is -2.21. The summed E-state index contributed by atoms with van der Waals surface area (Å²) in [6.07, 6.45) is 1.70. The van der Waals surface area contributed by atoms with Gasteiger partial charge in [0.05, 0.1) is 21.9 Å². The molecule has 90 valence electrons. The summed E-state index contributed by atoms with van der Waals surface area (Å²) in [4.78, 5) is 0.794. The van der Waals surface area contributed by atoms with E-state index in [4.69, 9.17) is 16.3 Å². The van der Waals surface area contributed by atoms with Gasteiger partial charge in [0.1, 0.15) is 0 Å². The minimum Gasteiger partial charge on any atom is -0.377 e. The third-order valence-corrected chi connectivity index (χ3v) is 5.50. The molecule has 0 radical (unpaired) electrons. The maximum atomic E-state index is 11.8. The topological polar surface area (TPSA) is 43.4 Å². The van der Waals surface area contributed by atoms with E-state index >= 15 is 0 Å². The van der Waals surface area contributed by atoms with E-state index in [1.807, 2.05) is 0 Å². The van der Waals surface area contributed by atoms with E-state index in [1.54, 1.807) is 12.1 Å². The fourth-order valence-corrected chi connectivity index (χ4v) is 4.90. The van der Waals surface area contributed by atoms with Crippen LogP contribution >= 0.6 is 22.9 Å². The van der Waals surface area contributed by atoms with Crippen LogP contribution in [0.3, 0.4) is 0 Å². The van der Waals surface area contributed by atoms with Gasteiger partial charge in [0.25, 0.3) is 0 Å². The smallest absolute Gasteiger partial charge is 0.157 e. The van der Waals surface area contributed by atoms with Crippen LogP contribution in [0.1, 0.15) is 17.7 Å². The normalized spacial score (nSPS) is 21.4. The minimum absolute atomic E-state index is 0.0737. The molecule has 0 amide bonds. The van der Waals surface area contributed by atoms with Gasteiger partial charge < -0.3 is 4.74 Å². The zero-order valence-corrected chi connectivity index (χ0v) is 11.1. The first kappa shape index (κ1) is 12.4. The van der Waals surface area contributed by atoms with Crippen LogP contribution in [-0.4, -0.2) is 26.9 Å². The van der Waals surface area contributed by atoms with Crippen molar-refractivity contribution in [2.45, 2.75) is 24.7 Å². The van der Waals surface area contributed by atoms with Crippen LogP contribution in [0.5, 0.6) is 0 Å². The van der Waals surface area contributed by atoms with Crippen molar-refractivity contribution < 1.29 is 13.2 Å². The number of hydrogen-bond acceptors (Lipinski definition) is 4. The van der Waals surface area contributed by atoms with Crippen molar-refractivity contribution in [3.05, 3.63) is 21.3 Å². The lowest BCUT2D eigenvalue weighted by Gasteiger charge is -2.09. The zero-order chi connectivity index (χ0) is 11.6. The summed E-state index contributed by atoms with van der Waals surface area (Å²) >= 11 is 7.08. The third-order valence-electron chi connectivity index (χ3n) is 2.45. The molecule has 3 nitrogen and oxygen atoms in total. The van der Waals surface area contributed by atoms with Crippen molar-refractivity contribution in [1.29, 1.82) is 0 Å². The molecule has 0 bridgehead atoms. The van der Waals surface area contributed by atoms with Gasteiger partial charge in [-0.2, -0.15) is 0 Å². The molecule has 1 aromatic rings. The van der Waals surface area contributed by atoms with Gasteiger partial charge in [-0.05, 0) is 25.0 Å². The molecule has 16 heavy (non-hydrogen) atoms. The quantitative estimate of drug-likeness (QED) is 0.851. The molecule has 1 unspecified atom stereocenters. The molecule has 1 aromatic heterocycles. The van der Waals surface area contributed by atoms with Gasteiger partial charge in [-0.3, -0.25) is 0 Å². The fourth-order valence-electron chi connectivity index (χ4n) is 1.76. The molecule has 0 aliphatic carbocycles. The lowest BCUT2D eigenvalue weighted by atomic mass is 10.3. The summed E-state index contributed by atoms with van der Waals surface area (Å²) in [6.45, 7) is 0.686. The Labute approximate surface area is 104 Å². The molecule has 2 heterocycles. The Hall–Kier alpha value is -0.100. The van der Waals surface area contributed by atoms with Gasteiger partial charge in [-0.15, -0.1) is 11.3 Å². The summed E-state index contributed by atoms with van der Waals surface area (Å²) in [7, 11) is -3.08. The van der Waals surface area contributed by atoms with Crippen molar-refractivity contribution in [3.8, 4) is 0 Å². The SMILES string of the molecule is O=S(=O)(Cc1ccc(Cl)s1)CC1CCCO1. The first-order valence-electron chi connectivity index (χ1n) is 5.11. The second-order valence-corrected chi connectivity index (χ2v) is 7.80. The van der Waals surface area contributed by atoms with Crippen molar-refractivity contribution in [2.75, 3.05) is 12.4 Å². The van der Waals surface area contributed by atoms with Crippen LogP contribution in [0, 0.1) is 0 Å². The number of rotatable bonds is 4. The fraction of sp³-hybridized carbons (Fsp3) is 0.600. The Kier molecular flexibility index (Phi) is 3.89. The summed E-state index contributed by atoms with van der Waals surface area (Å²) in [5, 5.41) is 0. The van der Waals surface area contributed by atoms with Gasteiger partial charge in [0.2, 0.25) is 0 Å². The number of sulfone groups is 1. The molecular weight excluding hydrogens is 268 g/mol. The molecule has 0 spiro atoms. The lowest BCUT2D eigenvalue weighted by molar-refractivity contribution is 0.127. The molecule has 1 saturated heterocycles. The molecule has 6 heteroatoms. The predicted molar refractivity (Wildman–Crippen MR) is 65.8 cm³/mol. The van der Waals surface area contributed by atoms with E-state index in [1.165, 1.54) is 11.3 Å². The summed E-state index contributed by atoms with van der Waals surface area (Å²) < 4.78 is 29.7. The Balaban J connectivity index is 1.96. The molecule has 0 aromatic carbocycles. The summed E-state index contributed by atoms with van der Waals surface area (Å²) in [5.74, 6) is 0.201. The van der Waals surface area contributed by atoms with Crippen molar-refractivity contribution >= 4 is 32.8 Å². The van der Waals surface area contributed by atoms with E-state index in [9.17, 15) is 8.42 Å². The zero-order valence-electron chi connectivity index (χ0n) is 8.69. The van der Waals surface area contributed by atoms with Crippen LogP contribution in [0.25, 0.3) is 0 Å². The van der Waals surface area contributed by atoms with Gasteiger partial charge >= 0.3 is 0 Å². The highest BCUT2D eigenvalue weighted by Gasteiger charge is 2.23. The van der Waals surface area contributed by atoms with Crippen LogP contribution in [0.4, 0.5) is 0 Å². The second kappa shape index (κ2) is 5.04. The summed E-state index contributed by atoms with van der Waals surface area (Å²) in [5.41, 5.74) is 0. The molecule has 0 N–H and O–H groups in total. The van der Waals surface area contributed by atoms with Gasteiger partial charge in [0, 0.05) is 11.5 Å². The Morgan fingerprint density at radius 3 is 2.88 bits per heavy atom. The highest BCUT2D eigenvalue weighted by atomic mass is 35.5. The average Bonchev–Trinajstić information content (AvgIpc) is 2.76. The largest absolute Gasteiger partial charge is 0.377 e. The second-order valence-electron chi connectivity index (χ2n) is 3.90. The Morgan fingerprint density at radius 2 is 2.31 bits per heavy atom. The first-order chi connectivity index (χ1) is 7.55. The van der Waals surface area contributed by atoms with Crippen molar-refractivity contribution in [2.24, 2.45) is 0 Å². The van der Waals surface area contributed by atoms with E-state index in [0.717, 1.165) is 17.7 Å².